The Kier molecular flexibility index (Phi) is 5.01. The number of aliphatic carboxylic acids is 1. The fraction of sp³-hybridized carbons (Fsp3) is 0.929. The maximum atomic E-state index is 10.7. The van der Waals surface area contributed by atoms with E-state index < -0.39 is 5.97 Å². The van der Waals surface area contributed by atoms with Crippen LogP contribution in [0.3, 0.4) is 0 Å². The monoisotopic (exact) mass is 255 g/mol. The van der Waals surface area contributed by atoms with E-state index in [1.54, 1.807) is 0 Å². The number of ether oxygens (including phenoxy) is 1. The molecule has 1 heterocycles. The number of likely N-dealkylation sites (tertiary alicyclic amines) is 1. The van der Waals surface area contributed by atoms with Crippen LogP contribution >= 0.6 is 0 Å². The second-order valence-electron chi connectivity index (χ2n) is 5.70. The van der Waals surface area contributed by atoms with Crippen molar-refractivity contribution in [2.24, 2.45) is 5.92 Å². The van der Waals surface area contributed by atoms with E-state index in [1.165, 1.54) is 25.7 Å². The first-order valence-corrected chi connectivity index (χ1v) is 7.19. The lowest BCUT2D eigenvalue weighted by molar-refractivity contribution is -0.138. The standard InChI is InChI=1S/C14H25NO3/c1-18-13-5-3-2-4-12(13)15-8-6-11(7-9-15)10-14(16)17/h11-13H,2-10H2,1H3,(H,16,17). The predicted octanol–water partition coefficient (Wildman–Crippen LogP) is 2.13. The quantitative estimate of drug-likeness (QED) is 0.836. The van der Waals surface area contributed by atoms with E-state index in [1.807, 2.05) is 7.11 Å². The summed E-state index contributed by atoms with van der Waals surface area (Å²) in [6.45, 7) is 2.09. The first-order valence-electron chi connectivity index (χ1n) is 7.19. The first kappa shape index (κ1) is 13.8. The van der Waals surface area contributed by atoms with Crippen LogP contribution in [0.1, 0.15) is 44.9 Å². The number of methoxy groups -OCH3 is 1. The van der Waals surface area contributed by atoms with Gasteiger partial charge in [-0.1, -0.05) is 12.8 Å². The van der Waals surface area contributed by atoms with Crippen LogP contribution in [0.25, 0.3) is 0 Å². The molecule has 2 aliphatic rings. The third-order valence-corrected chi connectivity index (χ3v) is 4.55. The second-order valence-corrected chi connectivity index (χ2v) is 5.70. The van der Waals surface area contributed by atoms with Crippen molar-refractivity contribution in [3.05, 3.63) is 0 Å². The zero-order chi connectivity index (χ0) is 13.0. The van der Waals surface area contributed by atoms with E-state index in [4.69, 9.17) is 9.84 Å². The molecule has 0 spiro atoms. The van der Waals surface area contributed by atoms with Gasteiger partial charge in [0.15, 0.2) is 0 Å². The summed E-state index contributed by atoms with van der Waals surface area (Å²) in [6, 6.07) is 0.564. The molecule has 0 aromatic heterocycles. The number of hydrogen-bond donors (Lipinski definition) is 1. The van der Waals surface area contributed by atoms with Gasteiger partial charge in [0.2, 0.25) is 0 Å². The number of hydrogen-bond acceptors (Lipinski definition) is 3. The summed E-state index contributed by atoms with van der Waals surface area (Å²) in [5.74, 6) is -0.274. The Morgan fingerprint density at radius 3 is 2.50 bits per heavy atom. The summed E-state index contributed by atoms with van der Waals surface area (Å²) in [4.78, 5) is 13.2. The van der Waals surface area contributed by atoms with Gasteiger partial charge >= 0.3 is 5.97 Å². The Morgan fingerprint density at radius 1 is 1.22 bits per heavy atom. The zero-order valence-corrected chi connectivity index (χ0v) is 11.3. The maximum absolute atomic E-state index is 10.7. The van der Waals surface area contributed by atoms with Crippen molar-refractivity contribution < 1.29 is 14.6 Å². The Hall–Kier alpha value is -0.610. The molecular formula is C14H25NO3. The molecular weight excluding hydrogens is 230 g/mol. The van der Waals surface area contributed by atoms with Crippen LogP contribution in [0.2, 0.25) is 0 Å². The van der Waals surface area contributed by atoms with Gasteiger partial charge in [-0.25, -0.2) is 0 Å². The number of carboxylic acids is 1. The largest absolute Gasteiger partial charge is 0.481 e. The van der Waals surface area contributed by atoms with E-state index in [2.05, 4.69) is 4.90 Å². The maximum Gasteiger partial charge on any atom is 0.303 e. The summed E-state index contributed by atoms with van der Waals surface area (Å²) in [7, 11) is 1.82. The molecule has 1 saturated carbocycles. The van der Waals surface area contributed by atoms with Gasteiger partial charge in [-0.15, -0.1) is 0 Å². The van der Waals surface area contributed by atoms with E-state index in [-0.39, 0.29) is 0 Å². The van der Waals surface area contributed by atoms with Crippen LogP contribution in [0.5, 0.6) is 0 Å². The topological polar surface area (TPSA) is 49.8 Å². The molecule has 1 aliphatic heterocycles. The highest BCUT2D eigenvalue weighted by Crippen LogP contribution is 2.29. The molecule has 0 aromatic rings. The lowest BCUT2D eigenvalue weighted by Crippen LogP contribution is -2.49. The number of piperidine rings is 1. The Bertz CT molecular complexity index is 274. The SMILES string of the molecule is COC1CCCCC1N1CCC(CC(=O)O)CC1. The Morgan fingerprint density at radius 2 is 1.89 bits per heavy atom. The van der Waals surface area contributed by atoms with Gasteiger partial charge in [0.25, 0.3) is 0 Å². The van der Waals surface area contributed by atoms with E-state index >= 15 is 0 Å². The van der Waals surface area contributed by atoms with Crippen LogP contribution in [0.4, 0.5) is 0 Å². The van der Waals surface area contributed by atoms with Gasteiger partial charge in [0, 0.05) is 19.6 Å². The van der Waals surface area contributed by atoms with Gasteiger partial charge < -0.3 is 9.84 Å². The summed E-state index contributed by atoms with van der Waals surface area (Å²) < 4.78 is 5.61. The van der Waals surface area contributed by atoms with Crippen molar-refractivity contribution in [3.63, 3.8) is 0 Å². The fourth-order valence-electron chi connectivity index (χ4n) is 3.51. The van der Waals surface area contributed by atoms with Gasteiger partial charge in [-0.3, -0.25) is 9.69 Å². The molecule has 1 saturated heterocycles. The van der Waals surface area contributed by atoms with Crippen LogP contribution < -0.4 is 0 Å². The molecule has 104 valence electrons. The number of rotatable bonds is 4. The summed E-state index contributed by atoms with van der Waals surface area (Å²) in [5, 5.41) is 8.83. The summed E-state index contributed by atoms with van der Waals surface area (Å²) in [6.07, 6.45) is 7.78. The van der Waals surface area contributed by atoms with Crippen molar-refractivity contribution in [1.29, 1.82) is 0 Å². The first-order chi connectivity index (χ1) is 8.70. The van der Waals surface area contributed by atoms with Gasteiger partial charge in [0.05, 0.1) is 6.10 Å². The van der Waals surface area contributed by atoms with Crippen molar-refractivity contribution in [3.8, 4) is 0 Å². The minimum absolute atomic E-state index is 0.339. The third-order valence-electron chi connectivity index (χ3n) is 4.55. The predicted molar refractivity (Wildman–Crippen MR) is 69.6 cm³/mol. The zero-order valence-electron chi connectivity index (χ0n) is 11.3. The van der Waals surface area contributed by atoms with Crippen LogP contribution in [0, 0.1) is 5.92 Å². The van der Waals surface area contributed by atoms with Crippen molar-refractivity contribution in [2.45, 2.75) is 57.1 Å². The van der Waals surface area contributed by atoms with Crippen LogP contribution in [-0.2, 0) is 9.53 Å². The molecule has 0 bridgehead atoms. The highest BCUT2D eigenvalue weighted by molar-refractivity contribution is 5.67. The number of carbonyl (C=O) groups is 1. The fourth-order valence-corrected chi connectivity index (χ4v) is 3.51. The molecule has 2 atom stereocenters. The molecule has 0 aromatic carbocycles. The number of nitrogens with zero attached hydrogens (tertiary/aromatic N) is 1. The smallest absolute Gasteiger partial charge is 0.303 e. The molecule has 0 amide bonds. The summed E-state index contributed by atoms with van der Waals surface area (Å²) in [5.41, 5.74) is 0. The third kappa shape index (κ3) is 3.45. The Balaban J connectivity index is 1.82. The highest BCUT2D eigenvalue weighted by Gasteiger charge is 2.32. The molecule has 4 nitrogen and oxygen atoms in total. The second kappa shape index (κ2) is 6.53. The molecule has 0 radical (unpaired) electrons. The molecule has 4 heteroatoms. The van der Waals surface area contributed by atoms with Crippen LogP contribution in [-0.4, -0.2) is 48.3 Å². The lowest BCUT2D eigenvalue weighted by Gasteiger charge is -2.42. The Labute approximate surface area is 109 Å². The lowest BCUT2D eigenvalue weighted by atomic mass is 9.87. The minimum atomic E-state index is -0.652. The van der Waals surface area contributed by atoms with Gasteiger partial charge in [-0.2, -0.15) is 0 Å². The molecule has 1 N–H and O–H groups in total. The molecule has 2 rings (SSSR count). The van der Waals surface area contributed by atoms with Crippen LogP contribution in [0.15, 0.2) is 0 Å². The van der Waals surface area contributed by atoms with E-state index in [9.17, 15) is 4.79 Å². The molecule has 2 fully saturated rings. The highest BCUT2D eigenvalue weighted by atomic mass is 16.5. The van der Waals surface area contributed by atoms with Crippen molar-refractivity contribution >= 4 is 5.97 Å². The van der Waals surface area contributed by atoms with Gasteiger partial charge in [0.1, 0.15) is 0 Å². The van der Waals surface area contributed by atoms with Crippen molar-refractivity contribution in [1.82, 2.24) is 4.90 Å². The minimum Gasteiger partial charge on any atom is -0.481 e. The summed E-state index contributed by atoms with van der Waals surface area (Å²) >= 11 is 0. The van der Waals surface area contributed by atoms with E-state index in [0.717, 1.165) is 25.9 Å². The normalized spacial score (nSPS) is 31.4. The molecule has 18 heavy (non-hydrogen) atoms. The number of carboxylic acid groups (broad SMARTS) is 1. The van der Waals surface area contributed by atoms with Crippen molar-refractivity contribution in [2.75, 3.05) is 20.2 Å². The van der Waals surface area contributed by atoms with E-state index in [0.29, 0.717) is 24.5 Å². The average Bonchev–Trinajstić information content (AvgIpc) is 2.39. The van der Waals surface area contributed by atoms with Gasteiger partial charge in [-0.05, 0) is 44.7 Å². The molecule has 2 unspecified atom stereocenters. The average molecular weight is 255 g/mol. The molecule has 1 aliphatic carbocycles.